The van der Waals surface area contributed by atoms with Gasteiger partial charge in [-0.15, -0.1) is 0 Å². The van der Waals surface area contributed by atoms with Crippen molar-refractivity contribution in [2.45, 2.75) is 39.8 Å². The molecule has 0 saturated carbocycles. The standard InChI is InChI=1S/C28H27BrI2N2O6S/c1-7-38-27(35)23-14(4)32-28-33(24(23)16-11-20(36-5)21(37-6)12-17(16)29)26(34)22(40-28)10-15-8-18(30)25(19(31)9-15)39-13(2)3/h8-13,24H,7H2,1-6H3/b22-10-/t24-/m0/s1. The summed E-state index contributed by atoms with van der Waals surface area (Å²) < 4.78 is 26.9. The zero-order valence-electron chi connectivity index (χ0n) is 22.6. The average Bonchev–Trinajstić information content (AvgIpc) is 3.19. The van der Waals surface area contributed by atoms with Crippen LogP contribution in [0.5, 0.6) is 17.2 Å². The van der Waals surface area contributed by atoms with Crippen molar-refractivity contribution in [3.63, 3.8) is 0 Å². The molecule has 0 radical (unpaired) electrons. The lowest BCUT2D eigenvalue weighted by Gasteiger charge is -2.26. The van der Waals surface area contributed by atoms with Crippen molar-refractivity contribution in [2.75, 3.05) is 20.8 Å². The molecular weight excluding hydrogens is 826 g/mol. The predicted molar refractivity (Wildman–Crippen MR) is 175 cm³/mol. The first-order valence-electron chi connectivity index (χ1n) is 12.3. The minimum absolute atomic E-state index is 0.0457. The quantitative estimate of drug-likeness (QED) is 0.218. The lowest BCUT2D eigenvalue weighted by atomic mass is 9.95. The van der Waals surface area contributed by atoms with E-state index in [1.807, 2.05) is 32.1 Å². The maximum absolute atomic E-state index is 14.0. The van der Waals surface area contributed by atoms with Gasteiger partial charge in [-0.1, -0.05) is 27.3 Å². The molecule has 0 spiro atoms. The molecule has 0 fully saturated rings. The van der Waals surface area contributed by atoms with Gasteiger partial charge in [-0.3, -0.25) is 9.36 Å². The SMILES string of the molecule is CCOC(=O)C1=C(C)N=c2s/c(=C\c3cc(I)c(OC(C)C)c(I)c3)c(=O)n2[C@H]1c1cc(OC)c(OC)cc1Br. The molecule has 40 heavy (non-hydrogen) atoms. The second-order valence-electron chi connectivity index (χ2n) is 9.01. The van der Waals surface area contributed by atoms with Crippen LogP contribution < -0.4 is 29.1 Å². The molecule has 0 saturated heterocycles. The molecule has 0 unspecified atom stereocenters. The number of ether oxygens (including phenoxy) is 4. The molecule has 2 aromatic carbocycles. The Morgan fingerprint density at radius 1 is 1.15 bits per heavy atom. The summed E-state index contributed by atoms with van der Waals surface area (Å²) in [4.78, 5) is 32.4. The van der Waals surface area contributed by atoms with Gasteiger partial charge in [0.2, 0.25) is 0 Å². The van der Waals surface area contributed by atoms with E-state index in [9.17, 15) is 9.59 Å². The van der Waals surface area contributed by atoms with Crippen LogP contribution in [0.3, 0.4) is 0 Å². The fraction of sp³-hybridized carbons (Fsp3) is 0.321. The van der Waals surface area contributed by atoms with Crippen LogP contribution in [0.25, 0.3) is 6.08 Å². The van der Waals surface area contributed by atoms with E-state index in [1.165, 1.54) is 18.4 Å². The zero-order chi connectivity index (χ0) is 29.3. The van der Waals surface area contributed by atoms with Crippen LogP contribution in [0.15, 0.2) is 49.8 Å². The fourth-order valence-corrected chi connectivity index (χ4v) is 7.98. The van der Waals surface area contributed by atoms with Gasteiger partial charge in [0.05, 0.1) is 55.9 Å². The third kappa shape index (κ3) is 6.14. The number of allylic oxidation sites excluding steroid dienone is 1. The molecule has 1 aromatic heterocycles. The van der Waals surface area contributed by atoms with E-state index in [4.69, 9.17) is 18.9 Å². The first-order chi connectivity index (χ1) is 19.0. The minimum Gasteiger partial charge on any atom is -0.493 e. The van der Waals surface area contributed by atoms with Crippen LogP contribution in [0.2, 0.25) is 0 Å². The molecule has 1 atom stereocenters. The molecule has 1 aliphatic rings. The van der Waals surface area contributed by atoms with Crippen LogP contribution >= 0.6 is 72.4 Å². The van der Waals surface area contributed by atoms with Gasteiger partial charge in [-0.25, -0.2) is 9.79 Å². The number of carbonyl (C=O) groups excluding carboxylic acids is 1. The topological polar surface area (TPSA) is 88.4 Å². The number of thiazole rings is 1. The monoisotopic (exact) mass is 852 g/mol. The maximum atomic E-state index is 14.0. The Bertz CT molecular complexity index is 1670. The Morgan fingerprint density at radius 3 is 2.35 bits per heavy atom. The highest BCUT2D eigenvalue weighted by atomic mass is 127. The lowest BCUT2D eigenvalue weighted by Crippen LogP contribution is -2.40. The Balaban J connectivity index is 1.96. The summed E-state index contributed by atoms with van der Waals surface area (Å²) in [5.74, 6) is 1.27. The molecule has 3 aromatic rings. The third-order valence-corrected chi connectivity index (χ3v) is 9.26. The van der Waals surface area contributed by atoms with E-state index in [1.54, 1.807) is 37.7 Å². The van der Waals surface area contributed by atoms with Crippen LogP contribution in [0, 0.1) is 7.14 Å². The van der Waals surface area contributed by atoms with E-state index < -0.39 is 12.0 Å². The first kappa shape index (κ1) is 31.0. The maximum Gasteiger partial charge on any atom is 0.338 e. The van der Waals surface area contributed by atoms with E-state index in [0.717, 1.165) is 18.5 Å². The number of hydrogen-bond donors (Lipinski definition) is 0. The molecule has 1 aliphatic heterocycles. The Hall–Kier alpha value is -1.91. The highest BCUT2D eigenvalue weighted by molar-refractivity contribution is 14.1. The van der Waals surface area contributed by atoms with E-state index >= 15 is 0 Å². The zero-order valence-corrected chi connectivity index (χ0v) is 29.4. The number of rotatable bonds is 8. The van der Waals surface area contributed by atoms with E-state index in [0.29, 0.717) is 36.6 Å². The van der Waals surface area contributed by atoms with Crippen LogP contribution in [-0.2, 0) is 9.53 Å². The molecule has 0 N–H and O–H groups in total. The highest BCUT2D eigenvalue weighted by Crippen LogP contribution is 2.41. The summed E-state index contributed by atoms with van der Waals surface area (Å²) >= 11 is 9.39. The third-order valence-electron chi connectivity index (χ3n) is 5.99. The van der Waals surface area contributed by atoms with Crippen molar-refractivity contribution in [1.29, 1.82) is 0 Å². The van der Waals surface area contributed by atoms with Gasteiger partial charge in [-0.2, -0.15) is 0 Å². The number of fused-ring (bicyclic) bond motifs is 1. The summed E-state index contributed by atoms with van der Waals surface area (Å²) in [6, 6.07) is 6.69. The van der Waals surface area contributed by atoms with Gasteiger partial charge in [0.1, 0.15) is 5.75 Å². The van der Waals surface area contributed by atoms with Gasteiger partial charge in [0.25, 0.3) is 5.56 Å². The van der Waals surface area contributed by atoms with E-state index in [-0.39, 0.29) is 23.8 Å². The molecule has 0 amide bonds. The molecule has 4 rings (SSSR count). The smallest absolute Gasteiger partial charge is 0.338 e. The van der Waals surface area contributed by atoms with Gasteiger partial charge in [-0.05, 0) is 114 Å². The number of nitrogens with zero attached hydrogens (tertiary/aromatic N) is 2. The largest absolute Gasteiger partial charge is 0.493 e. The molecule has 12 heteroatoms. The summed E-state index contributed by atoms with van der Waals surface area (Å²) in [5, 5.41) is 0. The van der Waals surface area contributed by atoms with Crippen molar-refractivity contribution in [3.8, 4) is 17.2 Å². The molecule has 0 aliphatic carbocycles. The second-order valence-corrected chi connectivity index (χ2v) is 13.2. The van der Waals surface area contributed by atoms with Gasteiger partial charge < -0.3 is 18.9 Å². The summed E-state index contributed by atoms with van der Waals surface area (Å²) in [6.45, 7) is 7.66. The molecule has 2 heterocycles. The number of halogens is 3. The van der Waals surface area contributed by atoms with Crippen molar-refractivity contribution in [3.05, 3.63) is 78.0 Å². The Morgan fingerprint density at radius 2 is 1.77 bits per heavy atom. The van der Waals surface area contributed by atoms with E-state index in [2.05, 4.69) is 66.1 Å². The van der Waals surface area contributed by atoms with Gasteiger partial charge >= 0.3 is 5.97 Å². The molecule has 8 nitrogen and oxygen atoms in total. The fourth-order valence-electron chi connectivity index (χ4n) is 4.33. The summed E-state index contributed by atoms with van der Waals surface area (Å²) in [5.41, 5.74) is 2.00. The molecular formula is C28H27BrI2N2O6S. The number of esters is 1. The first-order valence-corrected chi connectivity index (χ1v) is 16.0. The number of methoxy groups -OCH3 is 2. The van der Waals surface area contributed by atoms with Crippen LogP contribution in [0.1, 0.15) is 44.9 Å². The van der Waals surface area contributed by atoms with Gasteiger partial charge in [0, 0.05) is 4.47 Å². The van der Waals surface area contributed by atoms with Crippen molar-refractivity contribution < 1.29 is 23.7 Å². The van der Waals surface area contributed by atoms with Crippen molar-refractivity contribution in [2.24, 2.45) is 4.99 Å². The Labute approximate surface area is 271 Å². The second kappa shape index (κ2) is 12.9. The van der Waals surface area contributed by atoms with Crippen molar-refractivity contribution in [1.82, 2.24) is 4.57 Å². The number of carbonyl (C=O) groups is 1. The summed E-state index contributed by atoms with van der Waals surface area (Å²) in [7, 11) is 3.08. The molecule has 0 bridgehead atoms. The van der Waals surface area contributed by atoms with Crippen LogP contribution in [-0.4, -0.2) is 37.5 Å². The average molecular weight is 853 g/mol. The number of hydrogen-bond acceptors (Lipinski definition) is 8. The lowest BCUT2D eigenvalue weighted by molar-refractivity contribution is -0.139. The Kier molecular flexibility index (Phi) is 10.0. The number of benzene rings is 2. The predicted octanol–water partition coefficient (Wildman–Crippen LogP) is 5.57. The normalized spacial score (nSPS) is 15.2. The van der Waals surface area contributed by atoms with Crippen LogP contribution in [0.4, 0.5) is 0 Å². The number of aromatic nitrogens is 1. The van der Waals surface area contributed by atoms with Crippen molar-refractivity contribution >= 4 is 84.5 Å². The van der Waals surface area contributed by atoms with Gasteiger partial charge in [0.15, 0.2) is 16.3 Å². The summed E-state index contributed by atoms with van der Waals surface area (Å²) in [6.07, 6.45) is 1.89. The minimum atomic E-state index is -0.797. The molecule has 212 valence electrons. The highest BCUT2D eigenvalue weighted by Gasteiger charge is 2.35.